The van der Waals surface area contributed by atoms with Crippen LogP contribution in [0, 0.1) is 11.6 Å². The molecule has 0 saturated carbocycles. The van der Waals surface area contributed by atoms with E-state index >= 15 is 0 Å². The first kappa shape index (κ1) is 25.5. The van der Waals surface area contributed by atoms with Crippen molar-refractivity contribution in [2.24, 2.45) is 0 Å². The number of halogens is 5. The lowest BCUT2D eigenvalue weighted by Crippen LogP contribution is -2.56. The number of nitrogens with zero attached hydrogens (tertiary/aromatic N) is 1. The minimum absolute atomic E-state index is 0.0238. The number of carbonyl (C=O) groups excluding carboxylic acids is 1. The van der Waals surface area contributed by atoms with Gasteiger partial charge in [0.05, 0.1) is 20.2 Å². The second kappa shape index (κ2) is 9.28. The van der Waals surface area contributed by atoms with Gasteiger partial charge in [-0.15, -0.1) is 0 Å². The van der Waals surface area contributed by atoms with Gasteiger partial charge in [-0.1, -0.05) is 0 Å². The van der Waals surface area contributed by atoms with Crippen LogP contribution in [-0.4, -0.2) is 64.1 Å². The SMILES string of the molecule is COc1c(S(C)(=O)=O)ccc(O[C@@H](C)C(F)(F)F)c1C(=O)N1CC(Oc2ccc(F)c(F)c2)C1. The van der Waals surface area contributed by atoms with Gasteiger partial charge in [0.15, 0.2) is 33.3 Å². The highest BCUT2D eigenvalue weighted by Gasteiger charge is 2.41. The first-order chi connectivity index (χ1) is 15.7. The average Bonchev–Trinajstić information content (AvgIpc) is 2.70. The van der Waals surface area contributed by atoms with Gasteiger partial charge in [-0.3, -0.25) is 4.79 Å². The van der Waals surface area contributed by atoms with Crippen LogP contribution in [0.1, 0.15) is 17.3 Å². The van der Waals surface area contributed by atoms with Crippen molar-refractivity contribution in [3.05, 3.63) is 47.5 Å². The van der Waals surface area contributed by atoms with Crippen molar-refractivity contribution in [1.82, 2.24) is 4.90 Å². The van der Waals surface area contributed by atoms with Crippen LogP contribution in [0.25, 0.3) is 0 Å². The fraction of sp³-hybridized carbons (Fsp3) is 0.381. The van der Waals surface area contributed by atoms with Crippen LogP contribution in [0.15, 0.2) is 35.2 Å². The van der Waals surface area contributed by atoms with Crippen molar-refractivity contribution in [1.29, 1.82) is 0 Å². The number of ether oxygens (including phenoxy) is 3. The van der Waals surface area contributed by atoms with Gasteiger partial charge in [-0.05, 0) is 31.2 Å². The third-order valence-electron chi connectivity index (χ3n) is 4.99. The van der Waals surface area contributed by atoms with Crippen LogP contribution in [0.3, 0.4) is 0 Å². The van der Waals surface area contributed by atoms with Crippen molar-refractivity contribution in [3.8, 4) is 17.2 Å². The third kappa shape index (κ3) is 5.34. The zero-order valence-electron chi connectivity index (χ0n) is 18.2. The summed E-state index contributed by atoms with van der Waals surface area (Å²) in [5.41, 5.74) is -0.493. The van der Waals surface area contributed by atoms with E-state index in [0.717, 1.165) is 44.6 Å². The number of methoxy groups -OCH3 is 1. The van der Waals surface area contributed by atoms with Crippen molar-refractivity contribution >= 4 is 15.7 Å². The number of alkyl halides is 3. The molecule has 7 nitrogen and oxygen atoms in total. The molecule has 2 aromatic carbocycles. The molecule has 13 heteroatoms. The van der Waals surface area contributed by atoms with E-state index in [0.29, 0.717) is 0 Å². The topological polar surface area (TPSA) is 82.1 Å². The smallest absolute Gasteiger partial charge is 0.425 e. The molecule has 0 N–H and O–H groups in total. The summed E-state index contributed by atoms with van der Waals surface area (Å²) in [5, 5.41) is 0. The quantitative estimate of drug-likeness (QED) is 0.531. The Morgan fingerprint density at radius 2 is 1.76 bits per heavy atom. The first-order valence-electron chi connectivity index (χ1n) is 9.77. The summed E-state index contributed by atoms with van der Waals surface area (Å²) in [7, 11) is -2.84. The number of carbonyl (C=O) groups is 1. The van der Waals surface area contributed by atoms with Gasteiger partial charge < -0.3 is 19.1 Å². The molecule has 0 radical (unpaired) electrons. The second-order valence-corrected chi connectivity index (χ2v) is 9.55. The highest BCUT2D eigenvalue weighted by molar-refractivity contribution is 7.90. The zero-order chi connectivity index (χ0) is 25.4. The molecule has 186 valence electrons. The maximum Gasteiger partial charge on any atom is 0.425 e. The Morgan fingerprint density at radius 1 is 1.12 bits per heavy atom. The molecular weight excluding hydrogens is 489 g/mol. The molecule has 1 heterocycles. The summed E-state index contributed by atoms with van der Waals surface area (Å²) < 4.78 is 105. The Labute approximate surface area is 191 Å². The fourth-order valence-corrected chi connectivity index (χ4v) is 4.01. The first-order valence-corrected chi connectivity index (χ1v) is 11.7. The maximum absolute atomic E-state index is 13.4. The molecule has 0 aromatic heterocycles. The second-order valence-electron chi connectivity index (χ2n) is 7.57. The van der Waals surface area contributed by atoms with Crippen molar-refractivity contribution in [2.75, 3.05) is 26.5 Å². The summed E-state index contributed by atoms with van der Waals surface area (Å²) in [5.74, 6) is -3.97. The maximum atomic E-state index is 13.4. The lowest BCUT2D eigenvalue weighted by Gasteiger charge is -2.39. The molecule has 2 aromatic rings. The van der Waals surface area contributed by atoms with E-state index in [2.05, 4.69) is 0 Å². The van der Waals surface area contributed by atoms with E-state index in [-0.39, 0.29) is 18.8 Å². The Hall–Kier alpha value is -3.09. The minimum Gasteiger partial charge on any atom is -0.494 e. The predicted molar refractivity (Wildman–Crippen MR) is 109 cm³/mol. The predicted octanol–water partition coefficient (Wildman–Crippen LogP) is 3.61. The molecule has 1 aliphatic rings. The summed E-state index contributed by atoms with van der Waals surface area (Å²) in [4.78, 5) is 13.9. The van der Waals surface area contributed by atoms with E-state index in [4.69, 9.17) is 14.2 Å². The van der Waals surface area contributed by atoms with Gasteiger partial charge in [-0.2, -0.15) is 13.2 Å². The fourth-order valence-electron chi connectivity index (χ4n) is 3.18. The van der Waals surface area contributed by atoms with Gasteiger partial charge in [0.25, 0.3) is 5.91 Å². The molecular formula is C21H20F5NO6S. The molecule has 34 heavy (non-hydrogen) atoms. The Balaban J connectivity index is 1.88. The Kier molecular flexibility index (Phi) is 6.97. The summed E-state index contributed by atoms with van der Waals surface area (Å²) in [6, 6.07) is 4.87. The van der Waals surface area contributed by atoms with Gasteiger partial charge in [0, 0.05) is 12.3 Å². The van der Waals surface area contributed by atoms with Crippen LogP contribution in [-0.2, 0) is 9.84 Å². The molecule has 0 bridgehead atoms. The lowest BCUT2D eigenvalue weighted by molar-refractivity contribution is -0.189. The van der Waals surface area contributed by atoms with E-state index in [1.54, 1.807) is 0 Å². The molecule has 0 spiro atoms. The number of rotatable bonds is 7. The standard InChI is InChI=1S/C21H20F5NO6S/c1-11(21(24,25)26)32-16-6-7-17(34(3,29)30)19(31-2)18(16)20(28)27-9-13(10-27)33-12-4-5-14(22)15(23)8-12/h4-8,11,13H,9-10H2,1-3H3/t11-/m0/s1. The highest BCUT2D eigenvalue weighted by Crippen LogP contribution is 2.38. The normalized spacial score (nSPS) is 15.5. The highest BCUT2D eigenvalue weighted by atomic mass is 32.2. The molecule has 1 saturated heterocycles. The average molecular weight is 509 g/mol. The summed E-state index contributed by atoms with van der Waals surface area (Å²) >= 11 is 0. The van der Waals surface area contributed by atoms with Gasteiger partial charge in [-0.25, -0.2) is 17.2 Å². The van der Waals surface area contributed by atoms with E-state index in [1.807, 2.05) is 0 Å². The molecule has 3 rings (SSSR count). The number of sulfone groups is 1. The van der Waals surface area contributed by atoms with Gasteiger partial charge >= 0.3 is 6.18 Å². The van der Waals surface area contributed by atoms with Crippen molar-refractivity contribution in [3.63, 3.8) is 0 Å². The van der Waals surface area contributed by atoms with Crippen LogP contribution in [0.2, 0.25) is 0 Å². The van der Waals surface area contributed by atoms with Gasteiger partial charge in [0.2, 0.25) is 0 Å². The zero-order valence-corrected chi connectivity index (χ0v) is 19.0. The molecule has 0 unspecified atom stereocenters. The Morgan fingerprint density at radius 3 is 2.29 bits per heavy atom. The molecule has 1 fully saturated rings. The molecule has 1 atom stereocenters. The summed E-state index contributed by atoms with van der Waals surface area (Å²) in [6.07, 6.45) is -6.80. The minimum atomic E-state index is -4.75. The van der Waals surface area contributed by atoms with Gasteiger partial charge in [0.1, 0.15) is 28.1 Å². The number of benzene rings is 2. The van der Waals surface area contributed by atoms with E-state index in [9.17, 15) is 35.2 Å². The largest absolute Gasteiger partial charge is 0.494 e. The van der Waals surface area contributed by atoms with Crippen molar-refractivity contribution in [2.45, 2.75) is 30.2 Å². The van der Waals surface area contributed by atoms with Crippen LogP contribution >= 0.6 is 0 Å². The van der Waals surface area contributed by atoms with Crippen LogP contribution in [0.5, 0.6) is 17.2 Å². The van der Waals surface area contributed by atoms with Crippen molar-refractivity contribution < 1.29 is 49.4 Å². The lowest BCUT2D eigenvalue weighted by atomic mass is 10.1. The number of hydrogen-bond acceptors (Lipinski definition) is 6. The number of hydrogen-bond donors (Lipinski definition) is 0. The molecule has 1 aliphatic heterocycles. The monoisotopic (exact) mass is 509 g/mol. The van der Waals surface area contributed by atoms with Crippen LogP contribution in [0.4, 0.5) is 22.0 Å². The van der Waals surface area contributed by atoms with Crippen LogP contribution < -0.4 is 14.2 Å². The molecule has 1 amide bonds. The molecule has 0 aliphatic carbocycles. The van der Waals surface area contributed by atoms with E-state index < -0.39 is 67.7 Å². The Bertz CT molecular complexity index is 1190. The number of amides is 1. The summed E-state index contributed by atoms with van der Waals surface area (Å²) in [6.45, 7) is 0.622. The third-order valence-corrected chi connectivity index (χ3v) is 6.11. The van der Waals surface area contributed by atoms with E-state index in [1.165, 1.54) is 11.0 Å². The number of likely N-dealkylation sites (tertiary alicyclic amines) is 1.